The van der Waals surface area contributed by atoms with E-state index in [1.807, 2.05) is 12.3 Å². The van der Waals surface area contributed by atoms with Gasteiger partial charge in [-0.25, -0.2) is 9.59 Å². The third-order valence-corrected chi connectivity index (χ3v) is 4.67. The van der Waals surface area contributed by atoms with Crippen LogP contribution in [0.2, 0.25) is 0 Å². The van der Waals surface area contributed by atoms with E-state index in [4.69, 9.17) is 4.74 Å². The molecule has 0 unspecified atom stereocenters. The van der Waals surface area contributed by atoms with Crippen LogP contribution in [-0.2, 0) is 22.5 Å². The molecule has 1 amide bonds. The summed E-state index contributed by atoms with van der Waals surface area (Å²) in [5.74, 6) is 0. The molecule has 0 radical (unpaired) electrons. The maximum atomic E-state index is 12.0. The van der Waals surface area contributed by atoms with E-state index in [-0.39, 0.29) is 6.61 Å². The van der Waals surface area contributed by atoms with Gasteiger partial charge in [-0.15, -0.1) is 0 Å². The molecule has 1 heterocycles. The van der Waals surface area contributed by atoms with Crippen LogP contribution < -0.4 is 9.88 Å². The Balaban J connectivity index is 1.73. The summed E-state index contributed by atoms with van der Waals surface area (Å²) in [5.41, 5.74) is 2.33. The zero-order chi connectivity index (χ0) is 20.7. The Kier molecular flexibility index (Phi) is 10.2. The van der Waals surface area contributed by atoms with Gasteiger partial charge in [-0.2, -0.15) is 9.56 Å². The average molecular weight is 397 g/mol. The van der Waals surface area contributed by atoms with Gasteiger partial charge in [0.25, 0.3) is 0 Å². The molecule has 1 N–H and O–H groups in total. The maximum absolute atomic E-state index is 12.0. The lowest BCUT2D eigenvalue weighted by atomic mass is 10.1. The van der Waals surface area contributed by atoms with Crippen LogP contribution in [0, 0.1) is 0 Å². The number of ether oxygens (including phenoxy) is 1. The minimum Gasteiger partial charge on any atom is -0.443 e. The number of isocyanates is 1. The van der Waals surface area contributed by atoms with E-state index in [2.05, 4.69) is 33.9 Å². The van der Waals surface area contributed by atoms with E-state index in [9.17, 15) is 9.59 Å². The number of anilines is 1. The van der Waals surface area contributed by atoms with Crippen molar-refractivity contribution in [2.45, 2.75) is 58.4 Å². The lowest BCUT2D eigenvalue weighted by Crippen LogP contribution is -2.40. The van der Waals surface area contributed by atoms with E-state index in [0.717, 1.165) is 6.42 Å². The second-order valence-corrected chi connectivity index (χ2v) is 6.91. The number of aliphatic imine (C=N–C) groups is 1. The summed E-state index contributed by atoms with van der Waals surface area (Å²) in [5, 5.41) is 2.66. The molecule has 1 aromatic heterocycles. The largest absolute Gasteiger partial charge is 0.443 e. The Morgan fingerprint density at radius 2 is 1.83 bits per heavy atom. The number of nitrogens with zero attached hydrogens (tertiary/aromatic N) is 2. The van der Waals surface area contributed by atoms with E-state index >= 15 is 0 Å². The summed E-state index contributed by atoms with van der Waals surface area (Å²) >= 11 is 0. The van der Waals surface area contributed by atoms with Crippen LogP contribution in [0.15, 0.2) is 53.7 Å². The van der Waals surface area contributed by atoms with E-state index in [1.54, 1.807) is 24.3 Å². The molecule has 6 nitrogen and oxygen atoms in total. The lowest BCUT2D eigenvalue weighted by molar-refractivity contribution is -0.705. The lowest BCUT2D eigenvalue weighted by Gasteiger charge is -2.07. The van der Waals surface area contributed by atoms with Crippen LogP contribution in [0.4, 0.5) is 16.2 Å². The molecule has 2 rings (SSSR count). The van der Waals surface area contributed by atoms with Crippen LogP contribution in [0.3, 0.4) is 0 Å². The first kappa shape index (κ1) is 22.3. The van der Waals surface area contributed by atoms with Crippen LogP contribution in [-0.4, -0.2) is 18.8 Å². The number of hydrogen-bond donors (Lipinski definition) is 1. The predicted molar refractivity (Wildman–Crippen MR) is 113 cm³/mol. The number of aromatic nitrogens is 1. The number of hydrogen-bond acceptors (Lipinski definition) is 4. The summed E-state index contributed by atoms with van der Waals surface area (Å²) in [6.45, 7) is 3.14. The highest BCUT2D eigenvalue weighted by atomic mass is 16.5. The number of carbonyl (C=O) groups excluding carboxylic acids is 2. The molecular formula is C23H30N3O3+. The first-order valence-electron chi connectivity index (χ1n) is 10.3. The smallest absolute Gasteiger partial charge is 0.411 e. The highest BCUT2D eigenvalue weighted by molar-refractivity contribution is 5.84. The first-order valence-corrected chi connectivity index (χ1v) is 10.3. The molecule has 0 aliphatic heterocycles. The van der Waals surface area contributed by atoms with Gasteiger partial charge in [0.15, 0.2) is 25.0 Å². The fourth-order valence-electron chi connectivity index (χ4n) is 3.11. The van der Waals surface area contributed by atoms with Crippen molar-refractivity contribution >= 4 is 23.5 Å². The number of unbranched alkanes of at least 4 members (excludes halogenated alkanes) is 5. The molecule has 0 spiro atoms. The summed E-state index contributed by atoms with van der Waals surface area (Å²) in [6.07, 6.45) is 11.7. The van der Waals surface area contributed by atoms with E-state index in [0.29, 0.717) is 17.9 Å². The van der Waals surface area contributed by atoms with Gasteiger partial charge in [-0.3, -0.25) is 5.32 Å². The third-order valence-electron chi connectivity index (χ3n) is 4.67. The molecule has 0 bridgehead atoms. The van der Waals surface area contributed by atoms with E-state index < -0.39 is 6.09 Å². The van der Waals surface area contributed by atoms with Crippen molar-refractivity contribution in [3.8, 4) is 0 Å². The summed E-state index contributed by atoms with van der Waals surface area (Å²) < 4.78 is 7.44. The highest BCUT2D eigenvalue weighted by Gasteiger charge is 2.11. The number of benzene rings is 1. The van der Waals surface area contributed by atoms with Gasteiger partial charge in [-0.1, -0.05) is 45.1 Å². The zero-order valence-corrected chi connectivity index (χ0v) is 17.1. The van der Waals surface area contributed by atoms with Crippen LogP contribution in [0.5, 0.6) is 0 Å². The highest BCUT2D eigenvalue weighted by Crippen LogP contribution is 2.15. The van der Waals surface area contributed by atoms with Crippen molar-refractivity contribution in [1.29, 1.82) is 0 Å². The monoisotopic (exact) mass is 396 g/mol. The Bertz CT molecular complexity index is 799. The van der Waals surface area contributed by atoms with Crippen molar-refractivity contribution in [1.82, 2.24) is 0 Å². The number of pyridine rings is 1. The SMILES string of the molecule is CCCCCCCCc1cccc[n+]1CCOC(=O)Nc1ccc(N=C=O)cc1. The molecule has 154 valence electrons. The molecule has 0 aliphatic rings. The number of nitrogens with one attached hydrogen (secondary N) is 1. The van der Waals surface area contributed by atoms with Gasteiger partial charge >= 0.3 is 6.09 Å². The molecule has 0 atom stereocenters. The fourth-order valence-corrected chi connectivity index (χ4v) is 3.11. The molecule has 29 heavy (non-hydrogen) atoms. The quantitative estimate of drug-likeness (QED) is 0.235. The van der Waals surface area contributed by atoms with Gasteiger partial charge in [-0.05, 0) is 30.7 Å². The number of carbonyl (C=O) groups is 1. The summed E-state index contributed by atoms with van der Waals surface area (Å²) in [6, 6.07) is 12.7. The third kappa shape index (κ3) is 8.71. The minimum absolute atomic E-state index is 0.289. The summed E-state index contributed by atoms with van der Waals surface area (Å²) in [7, 11) is 0. The normalized spacial score (nSPS) is 10.2. The molecule has 6 heteroatoms. The van der Waals surface area contributed by atoms with Crippen molar-refractivity contribution in [2.24, 2.45) is 4.99 Å². The van der Waals surface area contributed by atoms with Crippen molar-refractivity contribution in [3.63, 3.8) is 0 Å². The van der Waals surface area contributed by atoms with Gasteiger partial charge in [0.05, 0.1) is 5.69 Å². The second kappa shape index (κ2) is 13.2. The number of amides is 1. The van der Waals surface area contributed by atoms with Gasteiger partial charge in [0.1, 0.15) is 0 Å². The average Bonchev–Trinajstić information content (AvgIpc) is 2.73. The molecular weight excluding hydrogens is 366 g/mol. The van der Waals surface area contributed by atoms with Crippen LogP contribution in [0.25, 0.3) is 0 Å². The summed E-state index contributed by atoms with van der Waals surface area (Å²) in [4.78, 5) is 25.7. The number of aryl methyl sites for hydroxylation is 1. The molecule has 0 saturated heterocycles. The van der Waals surface area contributed by atoms with Crippen molar-refractivity contribution in [3.05, 3.63) is 54.4 Å². The Morgan fingerprint density at radius 3 is 2.59 bits per heavy atom. The van der Waals surface area contributed by atoms with Gasteiger partial charge in [0, 0.05) is 24.2 Å². The van der Waals surface area contributed by atoms with E-state index in [1.165, 1.54) is 50.3 Å². The minimum atomic E-state index is -0.509. The predicted octanol–water partition coefficient (Wildman–Crippen LogP) is 5.09. The Hall–Kier alpha value is -2.98. The van der Waals surface area contributed by atoms with Crippen LogP contribution in [0.1, 0.15) is 51.1 Å². The topological polar surface area (TPSA) is 71.6 Å². The Morgan fingerprint density at radius 1 is 1.07 bits per heavy atom. The molecule has 0 saturated carbocycles. The van der Waals surface area contributed by atoms with Gasteiger partial charge < -0.3 is 4.74 Å². The maximum Gasteiger partial charge on any atom is 0.411 e. The standard InChI is InChI=1S/C23H29N3O3/c1-2-3-4-5-6-7-10-22-11-8-9-16-26(22)17-18-29-23(28)25-21-14-12-20(13-15-21)24-19-27/h8-9,11-16H,2-7,10,17-18H2,1H3/p+1. The van der Waals surface area contributed by atoms with Crippen molar-refractivity contribution < 1.29 is 18.9 Å². The first-order chi connectivity index (χ1) is 14.2. The molecule has 1 aromatic carbocycles. The zero-order valence-electron chi connectivity index (χ0n) is 17.1. The second-order valence-electron chi connectivity index (χ2n) is 6.91. The fraction of sp³-hybridized carbons (Fsp3) is 0.435. The number of rotatable bonds is 12. The molecule has 0 aliphatic carbocycles. The van der Waals surface area contributed by atoms with Crippen molar-refractivity contribution in [2.75, 3.05) is 11.9 Å². The van der Waals surface area contributed by atoms with Crippen LogP contribution >= 0.6 is 0 Å². The molecule has 2 aromatic rings. The Labute approximate surface area is 172 Å². The molecule has 0 fully saturated rings. The van der Waals surface area contributed by atoms with Gasteiger partial charge in [0.2, 0.25) is 6.08 Å².